The van der Waals surface area contributed by atoms with E-state index in [1.807, 2.05) is 44.2 Å². The molecule has 0 aliphatic rings. The number of aryl methyl sites for hydroxylation is 1. The van der Waals surface area contributed by atoms with Crippen molar-refractivity contribution >= 4 is 50.0 Å². The Morgan fingerprint density at radius 1 is 1.27 bits per heavy atom. The second-order valence-corrected chi connectivity index (χ2v) is 7.81. The van der Waals surface area contributed by atoms with Gasteiger partial charge in [-0.05, 0) is 44.2 Å². The molecule has 1 amide bonds. The third-order valence-corrected chi connectivity index (χ3v) is 6.10. The maximum atomic E-state index is 13.0. The Morgan fingerprint density at radius 2 is 2.04 bits per heavy atom. The van der Waals surface area contributed by atoms with E-state index in [9.17, 15) is 4.79 Å². The van der Waals surface area contributed by atoms with Crippen LogP contribution in [-0.4, -0.2) is 22.8 Å². The zero-order valence-corrected chi connectivity index (χ0v) is 16.2. The number of carbonyl (C=O) groups excluding carboxylic acids is 1. The first-order valence-corrected chi connectivity index (χ1v) is 9.46. The SMILES string of the molecule is Cc1c(C(=O)N(C)[C@@H](C)c2nc3ccccc3s2)oc2ccc(Cl)cc12. The molecular formula is C20H17ClN2O2S. The van der Waals surface area contributed by atoms with Gasteiger partial charge in [-0.15, -0.1) is 11.3 Å². The number of thiazole rings is 1. The number of amides is 1. The molecule has 0 radical (unpaired) electrons. The van der Waals surface area contributed by atoms with Gasteiger partial charge in [0.05, 0.1) is 16.3 Å². The van der Waals surface area contributed by atoms with E-state index in [-0.39, 0.29) is 11.9 Å². The molecule has 0 aliphatic carbocycles. The van der Waals surface area contributed by atoms with Crippen molar-refractivity contribution in [3.63, 3.8) is 0 Å². The first-order valence-electron chi connectivity index (χ1n) is 8.27. The average molecular weight is 385 g/mol. The molecule has 6 heteroatoms. The molecule has 2 aromatic carbocycles. The van der Waals surface area contributed by atoms with Gasteiger partial charge in [0.1, 0.15) is 10.6 Å². The lowest BCUT2D eigenvalue weighted by molar-refractivity contribution is 0.0711. The fraction of sp³-hybridized carbons (Fsp3) is 0.200. The zero-order valence-electron chi connectivity index (χ0n) is 14.6. The van der Waals surface area contributed by atoms with Crippen LogP contribution in [0.15, 0.2) is 46.9 Å². The maximum Gasteiger partial charge on any atom is 0.290 e. The Hall–Kier alpha value is -2.37. The summed E-state index contributed by atoms with van der Waals surface area (Å²) in [6.07, 6.45) is 0. The van der Waals surface area contributed by atoms with E-state index in [1.54, 1.807) is 35.4 Å². The number of aromatic nitrogens is 1. The van der Waals surface area contributed by atoms with Crippen LogP contribution in [0.4, 0.5) is 0 Å². The highest BCUT2D eigenvalue weighted by molar-refractivity contribution is 7.18. The van der Waals surface area contributed by atoms with Crippen LogP contribution in [-0.2, 0) is 0 Å². The van der Waals surface area contributed by atoms with Gasteiger partial charge in [-0.1, -0.05) is 23.7 Å². The van der Waals surface area contributed by atoms with Crippen molar-refractivity contribution in [1.82, 2.24) is 9.88 Å². The number of para-hydroxylation sites is 1. The van der Waals surface area contributed by atoms with Gasteiger partial charge in [-0.25, -0.2) is 4.98 Å². The van der Waals surface area contributed by atoms with Gasteiger partial charge in [0.2, 0.25) is 0 Å². The molecule has 0 aliphatic heterocycles. The van der Waals surface area contributed by atoms with Crippen LogP contribution in [0.3, 0.4) is 0 Å². The lowest BCUT2D eigenvalue weighted by Crippen LogP contribution is -2.29. The number of benzene rings is 2. The lowest BCUT2D eigenvalue weighted by atomic mass is 10.1. The molecule has 0 fully saturated rings. The summed E-state index contributed by atoms with van der Waals surface area (Å²) in [5.74, 6) is 0.180. The van der Waals surface area contributed by atoms with E-state index < -0.39 is 0 Å². The Bertz CT molecular complexity index is 1100. The van der Waals surface area contributed by atoms with Crippen molar-refractivity contribution in [3.05, 3.63) is 63.8 Å². The monoisotopic (exact) mass is 384 g/mol. The molecule has 0 N–H and O–H groups in total. The number of halogens is 1. The summed E-state index contributed by atoms with van der Waals surface area (Å²) < 4.78 is 6.93. The largest absolute Gasteiger partial charge is 0.451 e. The van der Waals surface area contributed by atoms with Gasteiger partial charge in [0.15, 0.2) is 5.76 Å². The topological polar surface area (TPSA) is 46.3 Å². The Morgan fingerprint density at radius 3 is 2.81 bits per heavy atom. The maximum absolute atomic E-state index is 13.0. The van der Waals surface area contributed by atoms with E-state index in [0.29, 0.717) is 16.4 Å². The molecule has 0 unspecified atom stereocenters. The normalized spacial score (nSPS) is 12.6. The Balaban J connectivity index is 1.68. The molecule has 132 valence electrons. The number of hydrogen-bond donors (Lipinski definition) is 0. The van der Waals surface area contributed by atoms with Gasteiger partial charge >= 0.3 is 0 Å². The van der Waals surface area contributed by atoms with Gasteiger partial charge < -0.3 is 9.32 Å². The first kappa shape index (κ1) is 17.1. The molecule has 1 atom stereocenters. The molecule has 2 heterocycles. The van der Waals surface area contributed by atoms with E-state index in [0.717, 1.165) is 26.2 Å². The van der Waals surface area contributed by atoms with Crippen molar-refractivity contribution in [2.24, 2.45) is 0 Å². The molecule has 2 aromatic heterocycles. The van der Waals surface area contributed by atoms with Gasteiger partial charge in [-0.3, -0.25) is 4.79 Å². The summed E-state index contributed by atoms with van der Waals surface area (Å²) >= 11 is 7.67. The second-order valence-electron chi connectivity index (χ2n) is 6.31. The first-order chi connectivity index (χ1) is 12.5. The van der Waals surface area contributed by atoms with Crippen LogP contribution in [0.25, 0.3) is 21.2 Å². The number of rotatable bonds is 3. The molecule has 4 rings (SSSR count). The zero-order chi connectivity index (χ0) is 18.4. The smallest absolute Gasteiger partial charge is 0.290 e. The predicted octanol–water partition coefficient (Wildman–Crippen LogP) is 5.84. The second kappa shape index (κ2) is 6.41. The summed E-state index contributed by atoms with van der Waals surface area (Å²) in [5, 5.41) is 2.39. The van der Waals surface area contributed by atoms with E-state index in [4.69, 9.17) is 16.0 Å². The molecule has 0 saturated heterocycles. The fourth-order valence-corrected chi connectivity index (χ4v) is 4.20. The summed E-state index contributed by atoms with van der Waals surface area (Å²) in [4.78, 5) is 19.4. The van der Waals surface area contributed by atoms with Gasteiger partial charge in [0.25, 0.3) is 5.91 Å². The molecule has 0 spiro atoms. The van der Waals surface area contributed by atoms with Crippen molar-refractivity contribution in [1.29, 1.82) is 0 Å². The number of carbonyl (C=O) groups is 1. The van der Waals surface area contributed by atoms with Gasteiger partial charge in [0, 0.05) is 23.0 Å². The van der Waals surface area contributed by atoms with Crippen LogP contribution in [0.2, 0.25) is 5.02 Å². The third kappa shape index (κ3) is 2.77. The minimum atomic E-state index is -0.165. The minimum absolute atomic E-state index is 0.156. The Labute approximate surface area is 160 Å². The Kier molecular flexibility index (Phi) is 4.21. The number of hydrogen-bond acceptors (Lipinski definition) is 4. The fourth-order valence-electron chi connectivity index (χ4n) is 2.97. The average Bonchev–Trinajstić information content (AvgIpc) is 3.21. The van der Waals surface area contributed by atoms with Crippen LogP contribution >= 0.6 is 22.9 Å². The molecule has 0 saturated carbocycles. The predicted molar refractivity (Wildman–Crippen MR) is 106 cm³/mol. The van der Waals surface area contributed by atoms with E-state index in [2.05, 4.69) is 4.98 Å². The van der Waals surface area contributed by atoms with E-state index >= 15 is 0 Å². The third-order valence-electron chi connectivity index (χ3n) is 4.66. The summed E-state index contributed by atoms with van der Waals surface area (Å²) in [7, 11) is 1.78. The van der Waals surface area contributed by atoms with Crippen molar-refractivity contribution < 1.29 is 9.21 Å². The summed E-state index contributed by atoms with van der Waals surface area (Å²) in [6, 6.07) is 13.2. The van der Waals surface area contributed by atoms with Crippen LogP contribution in [0, 0.1) is 6.92 Å². The number of fused-ring (bicyclic) bond motifs is 2. The molecular weight excluding hydrogens is 368 g/mol. The van der Waals surface area contributed by atoms with Crippen LogP contribution < -0.4 is 0 Å². The molecule has 4 nitrogen and oxygen atoms in total. The van der Waals surface area contributed by atoms with Crippen molar-refractivity contribution in [3.8, 4) is 0 Å². The molecule has 4 aromatic rings. The van der Waals surface area contributed by atoms with Crippen molar-refractivity contribution in [2.45, 2.75) is 19.9 Å². The number of furan rings is 1. The summed E-state index contributed by atoms with van der Waals surface area (Å²) in [5.41, 5.74) is 2.42. The van der Waals surface area contributed by atoms with E-state index in [1.165, 1.54) is 0 Å². The highest BCUT2D eigenvalue weighted by atomic mass is 35.5. The highest BCUT2D eigenvalue weighted by Crippen LogP contribution is 2.32. The lowest BCUT2D eigenvalue weighted by Gasteiger charge is -2.22. The number of nitrogens with zero attached hydrogens (tertiary/aromatic N) is 2. The highest BCUT2D eigenvalue weighted by Gasteiger charge is 2.26. The quantitative estimate of drug-likeness (QED) is 0.446. The van der Waals surface area contributed by atoms with Crippen LogP contribution in [0.5, 0.6) is 0 Å². The van der Waals surface area contributed by atoms with Crippen molar-refractivity contribution in [2.75, 3.05) is 7.05 Å². The minimum Gasteiger partial charge on any atom is -0.451 e. The molecule has 26 heavy (non-hydrogen) atoms. The summed E-state index contributed by atoms with van der Waals surface area (Å²) in [6.45, 7) is 3.86. The molecule has 0 bridgehead atoms. The van der Waals surface area contributed by atoms with Gasteiger partial charge in [-0.2, -0.15) is 0 Å². The van der Waals surface area contributed by atoms with Crippen LogP contribution in [0.1, 0.15) is 34.1 Å². The standard InChI is InChI=1S/C20H17ClN2O2S/c1-11-14-10-13(21)8-9-16(14)25-18(11)20(24)23(3)12(2)19-22-15-6-4-5-7-17(15)26-19/h4-10,12H,1-3H3/t12-/m0/s1.